The molecule has 1 aromatic rings. The number of carbonyl (C=O) groups excluding carboxylic acids is 3. The van der Waals surface area contributed by atoms with Crippen LogP contribution in [0, 0.1) is 3.57 Å². The second-order valence-electron chi connectivity index (χ2n) is 5.49. The second-order valence-corrected chi connectivity index (χ2v) is 6.65. The van der Waals surface area contributed by atoms with Crippen LogP contribution in [0.15, 0.2) is 24.3 Å². The summed E-state index contributed by atoms with van der Waals surface area (Å²) in [7, 11) is 1.61. The molecule has 24 heavy (non-hydrogen) atoms. The van der Waals surface area contributed by atoms with Gasteiger partial charge in [0, 0.05) is 36.8 Å². The third kappa shape index (κ3) is 5.17. The number of nitrogens with one attached hydrogen (secondary N) is 2. The number of hydrogen-bond acceptors (Lipinski definition) is 4. The zero-order valence-electron chi connectivity index (χ0n) is 13.5. The molecule has 2 N–H and O–H groups in total. The van der Waals surface area contributed by atoms with Crippen LogP contribution in [0.25, 0.3) is 0 Å². The minimum absolute atomic E-state index is 0.0146. The first-order valence-electron chi connectivity index (χ1n) is 7.74. The molecule has 1 heterocycles. The maximum absolute atomic E-state index is 12.2. The number of hydrogen-bond donors (Lipinski definition) is 2. The first kappa shape index (κ1) is 18.7. The first-order chi connectivity index (χ1) is 11.5. The second kappa shape index (κ2) is 8.97. The van der Waals surface area contributed by atoms with Gasteiger partial charge in [0.2, 0.25) is 11.8 Å². The molecule has 1 aromatic carbocycles. The highest BCUT2D eigenvalue weighted by molar-refractivity contribution is 14.1. The fourth-order valence-corrected chi connectivity index (χ4v) is 3.08. The van der Waals surface area contributed by atoms with Crippen LogP contribution in [-0.2, 0) is 9.59 Å². The topological polar surface area (TPSA) is 81.8 Å². The summed E-state index contributed by atoms with van der Waals surface area (Å²) in [6.45, 7) is 2.78. The van der Waals surface area contributed by atoms with Gasteiger partial charge in [-0.2, -0.15) is 0 Å². The van der Waals surface area contributed by atoms with Gasteiger partial charge >= 0.3 is 0 Å². The first-order valence-corrected chi connectivity index (χ1v) is 8.82. The van der Waals surface area contributed by atoms with E-state index in [0.717, 1.165) is 3.57 Å². The molecule has 1 aliphatic heterocycles. The zero-order valence-corrected chi connectivity index (χ0v) is 15.7. The van der Waals surface area contributed by atoms with Gasteiger partial charge in [-0.05, 0) is 34.7 Å². The highest BCUT2D eigenvalue weighted by Crippen LogP contribution is 2.11. The summed E-state index contributed by atoms with van der Waals surface area (Å²) in [5.41, 5.74) is 0.571. The van der Waals surface area contributed by atoms with Crippen LogP contribution < -0.4 is 10.6 Å². The third-order valence-corrected chi connectivity index (χ3v) is 4.83. The van der Waals surface area contributed by atoms with E-state index in [1.54, 1.807) is 24.1 Å². The van der Waals surface area contributed by atoms with Gasteiger partial charge in [0.15, 0.2) is 0 Å². The maximum Gasteiger partial charge on any atom is 0.252 e. The average Bonchev–Trinajstić information content (AvgIpc) is 2.60. The van der Waals surface area contributed by atoms with E-state index in [0.29, 0.717) is 38.3 Å². The Bertz CT molecular complexity index is 615. The van der Waals surface area contributed by atoms with Crippen LogP contribution in [0.3, 0.4) is 0 Å². The number of carbonyl (C=O) groups is 3. The highest BCUT2D eigenvalue weighted by atomic mass is 127. The highest BCUT2D eigenvalue weighted by Gasteiger charge is 2.22. The lowest BCUT2D eigenvalue weighted by atomic mass is 10.2. The largest absolute Gasteiger partial charge is 0.358 e. The van der Waals surface area contributed by atoms with Crippen molar-refractivity contribution >= 4 is 40.3 Å². The van der Waals surface area contributed by atoms with E-state index in [4.69, 9.17) is 0 Å². The molecule has 0 saturated carbocycles. The minimum Gasteiger partial charge on any atom is -0.358 e. The van der Waals surface area contributed by atoms with Gasteiger partial charge in [0.1, 0.15) is 0 Å². The van der Waals surface area contributed by atoms with E-state index in [9.17, 15) is 14.4 Å². The summed E-state index contributed by atoms with van der Waals surface area (Å²) in [4.78, 5) is 39.4. The van der Waals surface area contributed by atoms with Crippen LogP contribution in [0.1, 0.15) is 10.4 Å². The molecule has 1 fully saturated rings. The number of halogens is 1. The molecule has 8 heteroatoms. The van der Waals surface area contributed by atoms with Gasteiger partial charge in [-0.1, -0.05) is 12.1 Å². The Balaban J connectivity index is 1.77. The van der Waals surface area contributed by atoms with Gasteiger partial charge in [-0.25, -0.2) is 0 Å². The Morgan fingerprint density at radius 1 is 1.12 bits per heavy atom. The predicted molar refractivity (Wildman–Crippen MR) is 98.6 cm³/mol. The van der Waals surface area contributed by atoms with E-state index >= 15 is 0 Å². The lowest BCUT2D eigenvalue weighted by molar-refractivity contribution is -0.132. The summed E-state index contributed by atoms with van der Waals surface area (Å²) >= 11 is 2.10. The molecule has 3 amide bonds. The molecule has 0 unspecified atom stereocenters. The SMILES string of the molecule is CNC(=O)CN1CCN(C(=O)CNC(=O)c2ccccc2I)CC1. The van der Waals surface area contributed by atoms with Crippen molar-refractivity contribution < 1.29 is 14.4 Å². The summed E-state index contributed by atoms with van der Waals surface area (Å²) in [5, 5.41) is 5.27. The van der Waals surface area contributed by atoms with E-state index in [2.05, 4.69) is 33.2 Å². The van der Waals surface area contributed by atoms with Crippen LogP contribution in [0.2, 0.25) is 0 Å². The summed E-state index contributed by atoms with van der Waals surface area (Å²) in [6.07, 6.45) is 0. The third-order valence-electron chi connectivity index (χ3n) is 3.89. The van der Waals surface area contributed by atoms with E-state index < -0.39 is 0 Å². The van der Waals surface area contributed by atoms with Crippen molar-refractivity contribution in [3.05, 3.63) is 33.4 Å². The van der Waals surface area contributed by atoms with Crippen molar-refractivity contribution in [3.8, 4) is 0 Å². The summed E-state index contributed by atoms with van der Waals surface area (Å²) < 4.78 is 0.850. The predicted octanol–water partition coefficient (Wildman–Crippen LogP) is -0.0888. The van der Waals surface area contributed by atoms with Gasteiger partial charge in [0.25, 0.3) is 5.91 Å². The number of rotatable bonds is 5. The Morgan fingerprint density at radius 3 is 2.42 bits per heavy atom. The minimum atomic E-state index is -0.244. The molecule has 0 aliphatic carbocycles. The summed E-state index contributed by atoms with van der Waals surface area (Å²) in [5.74, 6) is -0.375. The zero-order chi connectivity index (χ0) is 17.5. The van der Waals surface area contributed by atoms with Crippen molar-refractivity contribution in [2.75, 3.05) is 46.3 Å². The lowest BCUT2D eigenvalue weighted by Crippen LogP contribution is -2.52. The fraction of sp³-hybridized carbons (Fsp3) is 0.438. The smallest absolute Gasteiger partial charge is 0.252 e. The normalized spacial score (nSPS) is 15.0. The quantitative estimate of drug-likeness (QED) is 0.623. The molecule has 7 nitrogen and oxygen atoms in total. The molecule has 1 saturated heterocycles. The summed E-state index contributed by atoms with van der Waals surface area (Å²) in [6, 6.07) is 7.24. The van der Waals surface area contributed by atoms with E-state index in [1.165, 1.54) is 0 Å². The van der Waals surface area contributed by atoms with E-state index in [1.807, 2.05) is 17.0 Å². The molecule has 0 radical (unpaired) electrons. The van der Waals surface area contributed by atoms with E-state index in [-0.39, 0.29) is 24.3 Å². The molecular formula is C16H21IN4O3. The number of piperazine rings is 1. The van der Waals surface area contributed by atoms with Crippen molar-refractivity contribution in [1.29, 1.82) is 0 Å². The molecule has 0 aromatic heterocycles. The Morgan fingerprint density at radius 2 is 1.79 bits per heavy atom. The molecule has 0 atom stereocenters. The van der Waals surface area contributed by atoms with Gasteiger partial charge in [0.05, 0.1) is 18.7 Å². The number of amides is 3. The molecule has 130 valence electrons. The number of nitrogens with zero attached hydrogens (tertiary/aromatic N) is 2. The Kier molecular flexibility index (Phi) is 6.98. The fourth-order valence-electron chi connectivity index (χ4n) is 2.45. The van der Waals surface area contributed by atoms with Crippen molar-refractivity contribution in [1.82, 2.24) is 20.4 Å². The van der Waals surface area contributed by atoms with Crippen LogP contribution >= 0.6 is 22.6 Å². The van der Waals surface area contributed by atoms with Crippen molar-refractivity contribution in [2.24, 2.45) is 0 Å². The van der Waals surface area contributed by atoms with Crippen LogP contribution in [0.4, 0.5) is 0 Å². The Hall–Kier alpha value is -1.68. The molecule has 0 spiro atoms. The average molecular weight is 444 g/mol. The van der Waals surface area contributed by atoms with Gasteiger partial charge in [-0.3, -0.25) is 19.3 Å². The van der Waals surface area contributed by atoms with Crippen LogP contribution in [0.5, 0.6) is 0 Å². The lowest BCUT2D eigenvalue weighted by Gasteiger charge is -2.34. The van der Waals surface area contributed by atoms with Crippen molar-refractivity contribution in [3.63, 3.8) is 0 Å². The van der Waals surface area contributed by atoms with Gasteiger partial charge < -0.3 is 15.5 Å². The maximum atomic E-state index is 12.2. The molecule has 2 rings (SSSR count). The monoisotopic (exact) mass is 444 g/mol. The molecular weight excluding hydrogens is 423 g/mol. The number of likely N-dealkylation sites (N-methyl/N-ethyl adjacent to an activating group) is 1. The van der Waals surface area contributed by atoms with Crippen LogP contribution in [-0.4, -0.2) is 73.8 Å². The number of benzene rings is 1. The van der Waals surface area contributed by atoms with Gasteiger partial charge in [-0.15, -0.1) is 0 Å². The standard InChI is InChI=1S/C16H21IN4O3/c1-18-14(22)11-20-6-8-21(9-7-20)15(23)10-19-16(24)12-4-2-3-5-13(12)17/h2-5H,6-11H2,1H3,(H,18,22)(H,19,24). The van der Waals surface area contributed by atoms with Crippen molar-refractivity contribution in [2.45, 2.75) is 0 Å². The molecule has 0 bridgehead atoms. The molecule has 1 aliphatic rings. The Labute approximate surface area is 154 Å².